The van der Waals surface area contributed by atoms with Gasteiger partial charge in [0.15, 0.2) is 0 Å². The number of halogens is 2. The summed E-state index contributed by atoms with van der Waals surface area (Å²) in [5.41, 5.74) is 0.998. The van der Waals surface area contributed by atoms with Crippen LogP contribution in [0.3, 0.4) is 0 Å². The van der Waals surface area contributed by atoms with E-state index in [4.69, 9.17) is 5.11 Å². The first-order valence-electron chi connectivity index (χ1n) is 3.96. The number of hydrogen-bond acceptors (Lipinski definition) is 2. The van der Waals surface area contributed by atoms with E-state index >= 15 is 0 Å². The minimum absolute atomic E-state index is 0.00541. The summed E-state index contributed by atoms with van der Waals surface area (Å²) in [4.78, 5) is 0. The van der Waals surface area contributed by atoms with E-state index < -0.39 is 0 Å². The van der Waals surface area contributed by atoms with Crippen LogP contribution in [0.1, 0.15) is 5.56 Å². The number of aliphatic hydroxyl groups is 1. The van der Waals surface area contributed by atoms with Gasteiger partial charge in [0.2, 0.25) is 0 Å². The Labute approximate surface area is 84.9 Å². The average Bonchev–Trinajstić information content (AvgIpc) is 2.13. The van der Waals surface area contributed by atoms with Crippen LogP contribution < -0.4 is 5.32 Å². The van der Waals surface area contributed by atoms with Crippen molar-refractivity contribution in [3.05, 3.63) is 28.0 Å². The van der Waals surface area contributed by atoms with E-state index in [1.54, 1.807) is 19.1 Å². The molecule has 2 N–H and O–H groups in total. The SMILES string of the molecule is Cc1c(Br)ccc(NCCO)c1F. The molecule has 0 fully saturated rings. The van der Waals surface area contributed by atoms with Crippen LogP contribution in [0.2, 0.25) is 0 Å². The van der Waals surface area contributed by atoms with Gasteiger partial charge in [-0.25, -0.2) is 4.39 Å². The molecule has 1 aromatic rings. The molecule has 0 saturated heterocycles. The number of aliphatic hydroxyl groups excluding tert-OH is 1. The summed E-state index contributed by atoms with van der Waals surface area (Å²) < 4.78 is 14.2. The number of rotatable bonds is 3. The highest BCUT2D eigenvalue weighted by Gasteiger charge is 2.06. The Morgan fingerprint density at radius 2 is 2.23 bits per heavy atom. The van der Waals surface area contributed by atoms with E-state index in [2.05, 4.69) is 21.2 Å². The second-order valence-electron chi connectivity index (χ2n) is 2.68. The molecule has 0 atom stereocenters. The van der Waals surface area contributed by atoms with Gasteiger partial charge >= 0.3 is 0 Å². The standard InChI is InChI=1S/C9H11BrFNO/c1-6-7(10)2-3-8(9(6)11)12-4-5-13/h2-3,12-13H,4-5H2,1H3. The van der Waals surface area contributed by atoms with E-state index in [-0.39, 0.29) is 12.4 Å². The molecule has 0 unspecified atom stereocenters. The van der Waals surface area contributed by atoms with Gasteiger partial charge in [-0.15, -0.1) is 0 Å². The molecule has 0 saturated carbocycles. The Kier molecular flexibility index (Phi) is 3.69. The molecule has 0 spiro atoms. The van der Waals surface area contributed by atoms with Gasteiger partial charge < -0.3 is 10.4 Å². The van der Waals surface area contributed by atoms with Crippen molar-refractivity contribution in [2.45, 2.75) is 6.92 Å². The van der Waals surface area contributed by atoms with Crippen LogP contribution in [0.4, 0.5) is 10.1 Å². The first kappa shape index (κ1) is 10.5. The lowest BCUT2D eigenvalue weighted by Gasteiger charge is -2.08. The molecule has 0 aliphatic carbocycles. The molecule has 0 aromatic heterocycles. The Bertz CT molecular complexity index is 304. The van der Waals surface area contributed by atoms with Gasteiger partial charge in [0.05, 0.1) is 12.3 Å². The maximum Gasteiger partial charge on any atom is 0.150 e. The first-order chi connectivity index (χ1) is 6.16. The zero-order chi connectivity index (χ0) is 9.84. The van der Waals surface area contributed by atoms with Crippen LogP contribution in [0.15, 0.2) is 16.6 Å². The van der Waals surface area contributed by atoms with Crippen molar-refractivity contribution < 1.29 is 9.50 Å². The summed E-state index contributed by atoms with van der Waals surface area (Å²) in [7, 11) is 0. The lowest BCUT2D eigenvalue weighted by atomic mass is 10.2. The third kappa shape index (κ3) is 2.42. The van der Waals surface area contributed by atoms with Crippen LogP contribution in [0.5, 0.6) is 0 Å². The summed E-state index contributed by atoms with van der Waals surface area (Å²) in [6, 6.07) is 3.42. The lowest BCUT2D eigenvalue weighted by molar-refractivity contribution is 0.311. The van der Waals surface area contributed by atoms with Crippen molar-refractivity contribution in [1.29, 1.82) is 0 Å². The summed E-state index contributed by atoms with van der Waals surface area (Å²) in [6.45, 7) is 2.05. The second-order valence-corrected chi connectivity index (χ2v) is 3.54. The van der Waals surface area contributed by atoms with Gasteiger partial charge in [-0.3, -0.25) is 0 Å². The second kappa shape index (κ2) is 4.58. The van der Waals surface area contributed by atoms with E-state index in [0.717, 1.165) is 4.47 Å². The van der Waals surface area contributed by atoms with Crippen LogP contribution >= 0.6 is 15.9 Å². The van der Waals surface area contributed by atoms with Gasteiger partial charge in [-0.05, 0) is 19.1 Å². The van der Waals surface area contributed by atoms with Crippen molar-refractivity contribution in [3.63, 3.8) is 0 Å². The van der Waals surface area contributed by atoms with E-state index in [1.807, 2.05) is 0 Å². The molecular formula is C9H11BrFNO. The van der Waals surface area contributed by atoms with Crippen molar-refractivity contribution in [3.8, 4) is 0 Å². The van der Waals surface area contributed by atoms with Gasteiger partial charge in [0.25, 0.3) is 0 Å². The highest BCUT2D eigenvalue weighted by Crippen LogP contribution is 2.24. The topological polar surface area (TPSA) is 32.3 Å². The predicted molar refractivity (Wildman–Crippen MR) is 54.4 cm³/mol. The largest absolute Gasteiger partial charge is 0.395 e. The summed E-state index contributed by atoms with van der Waals surface area (Å²) in [5, 5.41) is 11.3. The predicted octanol–water partition coefficient (Wildman–Crippen LogP) is 2.30. The fourth-order valence-corrected chi connectivity index (χ4v) is 1.29. The normalized spacial score (nSPS) is 10.2. The molecule has 1 rings (SSSR count). The Balaban J connectivity index is 2.90. The molecule has 4 heteroatoms. The maximum atomic E-state index is 13.4. The summed E-state index contributed by atoms with van der Waals surface area (Å²) in [6.07, 6.45) is 0. The zero-order valence-corrected chi connectivity index (χ0v) is 8.86. The molecule has 0 aliphatic rings. The number of nitrogens with one attached hydrogen (secondary N) is 1. The molecule has 0 aliphatic heterocycles. The molecule has 1 aromatic carbocycles. The van der Waals surface area contributed by atoms with Gasteiger partial charge in [0.1, 0.15) is 5.82 Å². The van der Waals surface area contributed by atoms with Gasteiger partial charge in [-0.2, -0.15) is 0 Å². The van der Waals surface area contributed by atoms with Crippen LogP contribution in [0.25, 0.3) is 0 Å². The monoisotopic (exact) mass is 247 g/mol. The summed E-state index contributed by atoms with van der Waals surface area (Å²) >= 11 is 3.23. The Hall–Kier alpha value is -0.610. The third-order valence-corrected chi connectivity index (χ3v) is 2.61. The molecule has 72 valence electrons. The quantitative estimate of drug-likeness (QED) is 0.860. The molecular weight excluding hydrogens is 237 g/mol. The lowest BCUT2D eigenvalue weighted by Crippen LogP contribution is -2.07. The van der Waals surface area contributed by atoms with Crippen LogP contribution in [-0.2, 0) is 0 Å². The van der Waals surface area contributed by atoms with E-state index in [0.29, 0.717) is 17.8 Å². The smallest absolute Gasteiger partial charge is 0.150 e. The number of anilines is 1. The van der Waals surface area contributed by atoms with Crippen LogP contribution in [-0.4, -0.2) is 18.3 Å². The Morgan fingerprint density at radius 1 is 1.54 bits per heavy atom. The first-order valence-corrected chi connectivity index (χ1v) is 4.75. The fourth-order valence-electron chi connectivity index (χ4n) is 0.989. The third-order valence-electron chi connectivity index (χ3n) is 1.75. The number of benzene rings is 1. The minimum Gasteiger partial charge on any atom is -0.395 e. The van der Waals surface area contributed by atoms with Gasteiger partial charge in [0, 0.05) is 16.6 Å². The molecule has 13 heavy (non-hydrogen) atoms. The molecule has 0 bridgehead atoms. The van der Waals surface area contributed by atoms with Crippen molar-refractivity contribution in [2.24, 2.45) is 0 Å². The van der Waals surface area contributed by atoms with E-state index in [9.17, 15) is 4.39 Å². The highest BCUT2D eigenvalue weighted by molar-refractivity contribution is 9.10. The molecule has 0 heterocycles. The van der Waals surface area contributed by atoms with Crippen LogP contribution in [0, 0.1) is 12.7 Å². The molecule has 0 radical (unpaired) electrons. The average molecular weight is 248 g/mol. The molecule has 2 nitrogen and oxygen atoms in total. The van der Waals surface area contributed by atoms with Crippen molar-refractivity contribution in [2.75, 3.05) is 18.5 Å². The minimum atomic E-state index is -0.275. The summed E-state index contributed by atoms with van der Waals surface area (Å²) in [5.74, 6) is -0.275. The van der Waals surface area contributed by atoms with Crippen molar-refractivity contribution >= 4 is 21.6 Å². The Morgan fingerprint density at radius 3 is 2.85 bits per heavy atom. The molecule has 0 amide bonds. The van der Waals surface area contributed by atoms with Crippen molar-refractivity contribution in [1.82, 2.24) is 0 Å². The van der Waals surface area contributed by atoms with Gasteiger partial charge in [-0.1, -0.05) is 15.9 Å². The highest BCUT2D eigenvalue weighted by atomic mass is 79.9. The zero-order valence-electron chi connectivity index (χ0n) is 7.27. The number of hydrogen-bond donors (Lipinski definition) is 2. The maximum absolute atomic E-state index is 13.4. The fraction of sp³-hybridized carbons (Fsp3) is 0.333. The van der Waals surface area contributed by atoms with E-state index in [1.165, 1.54) is 0 Å².